The third-order valence-electron chi connectivity index (χ3n) is 4.58. The molecule has 2 N–H and O–H groups in total. The first-order valence-electron chi connectivity index (χ1n) is 7.59. The minimum Gasteiger partial charge on any atom is -0.399 e. The van der Waals surface area contributed by atoms with Crippen LogP contribution < -0.4 is 5.73 Å². The molecule has 4 heteroatoms. The van der Waals surface area contributed by atoms with Crippen molar-refractivity contribution < 1.29 is 8.95 Å². The predicted molar refractivity (Wildman–Crippen MR) is 82.1 cm³/mol. The third kappa shape index (κ3) is 3.07. The van der Waals surface area contributed by atoms with Gasteiger partial charge in [0, 0.05) is 10.6 Å². The van der Waals surface area contributed by atoms with E-state index in [9.17, 15) is 4.21 Å². The number of nitrogens with two attached hydrogens (primary N) is 1. The van der Waals surface area contributed by atoms with Gasteiger partial charge in [0.2, 0.25) is 0 Å². The van der Waals surface area contributed by atoms with E-state index in [0.717, 1.165) is 17.7 Å². The Hall–Kier alpha value is -0.870. The van der Waals surface area contributed by atoms with Crippen LogP contribution in [-0.2, 0) is 15.5 Å². The van der Waals surface area contributed by atoms with Gasteiger partial charge in [-0.25, -0.2) is 0 Å². The number of ether oxygens (including phenoxy) is 1. The van der Waals surface area contributed by atoms with E-state index in [1.807, 2.05) is 24.3 Å². The van der Waals surface area contributed by atoms with E-state index in [1.165, 1.54) is 32.1 Å². The molecule has 0 bridgehead atoms. The lowest BCUT2D eigenvalue weighted by molar-refractivity contribution is -0.0557. The SMILES string of the molecule is Nc1ccc(S(=O)CC2CCC3(CCCCC3)O2)cc1. The van der Waals surface area contributed by atoms with Gasteiger partial charge in [0.25, 0.3) is 0 Å². The van der Waals surface area contributed by atoms with Gasteiger partial charge in [0.05, 0.1) is 28.3 Å². The van der Waals surface area contributed by atoms with E-state index < -0.39 is 10.8 Å². The van der Waals surface area contributed by atoms with Gasteiger partial charge >= 0.3 is 0 Å². The maximum Gasteiger partial charge on any atom is 0.0702 e. The van der Waals surface area contributed by atoms with Gasteiger partial charge in [0.15, 0.2) is 0 Å². The molecule has 3 rings (SSSR count). The van der Waals surface area contributed by atoms with E-state index in [0.29, 0.717) is 11.4 Å². The van der Waals surface area contributed by atoms with Crippen molar-refractivity contribution in [3.8, 4) is 0 Å². The Morgan fingerprint density at radius 3 is 2.55 bits per heavy atom. The van der Waals surface area contributed by atoms with Gasteiger partial charge < -0.3 is 10.5 Å². The van der Waals surface area contributed by atoms with Gasteiger partial charge in [-0.15, -0.1) is 0 Å². The maximum absolute atomic E-state index is 12.4. The first-order chi connectivity index (χ1) is 9.67. The molecule has 1 aliphatic carbocycles. The summed E-state index contributed by atoms with van der Waals surface area (Å²) in [5, 5.41) is 0. The molecule has 2 fully saturated rings. The van der Waals surface area contributed by atoms with Crippen molar-refractivity contribution in [3.63, 3.8) is 0 Å². The number of hydrogen-bond donors (Lipinski definition) is 1. The fourth-order valence-electron chi connectivity index (χ4n) is 3.46. The number of rotatable bonds is 3. The average Bonchev–Trinajstić information content (AvgIpc) is 2.83. The molecule has 0 amide bonds. The van der Waals surface area contributed by atoms with Crippen LogP contribution in [0.25, 0.3) is 0 Å². The Balaban J connectivity index is 1.59. The zero-order valence-electron chi connectivity index (χ0n) is 11.8. The summed E-state index contributed by atoms with van der Waals surface area (Å²) in [5.74, 6) is 0.617. The quantitative estimate of drug-likeness (QED) is 0.870. The lowest BCUT2D eigenvalue weighted by Crippen LogP contribution is -2.32. The molecule has 2 atom stereocenters. The molecule has 1 spiro atoms. The maximum atomic E-state index is 12.4. The summed E-state index contributed by atoms with van der Waals surface area (Å²) in [6.45, 7) is 0. The lowest BCUT2D eigenvalue weighted by atomic mass is 9.83. The summed E-state index contributed by atoms with van der Waals surface area (Å²) in [7, 11) is -0.983. The van der Waals surface area contributed by atoms with Crippen LogP contribution in [0.3, 0.4) is 0 Å². The molecular weight excluding hydrogens is 270 g/mol. The molecule has 2 unspecified atom stereocenters. The van der Waals surface area contributed by atoms with Gasteiger partial charge in [0.1, 0.15) is 0 Å². The molecule has 1 aliphatic heterocycles. The average molecular weight is 293 g/mol. The van der Waals surface area contributed by atoms with Crippen LogP contribution in [0.2, 0.25) is 0 Å². The molecule has 20 heavy (non-hydrogen) atoms. The van der Waals surface area contributed by atoms with Crippen LogP contribution in [0.15, 0.2) is 29.2 Å². The summed E-state index contributed by atoms with van der Waals surface area (Å²) < 4.78 is 18.7. The van der Waals surface area contributed by atoms with Gasteiger partial charge in [-0.1, -0.05) is 19.3 Å². The molecule has 2 aliphatic rings. The number of anilines is 1. The standard InChI is InChI=1S/C16H23NO2S/c17-13-4-6-15(7-5-13)20(18)12-14-8-11-16(19-14)9-2-1-3-10-16/h4-7,14H,1-3,8-12,17H2. The predicted octanol–water partition coefficient (Wildman–Crippen LogP) is 3.26. The molecule has 0 aromatic heterocycles. The monoisotopic (exact) mass is 293 g/mol. The molecule has 3 nitrogen and oxygen atoms in total. The zero-order chi connectivity index (χ0) is 14.0. The number of hydrogen-bond acceptors (Lipinski definition) is 3. The fraction of sp³-hybridized carbons (Fsp3) is 0.625. The number of benzene rings is 1. The highest BCUT2D eigenvalue weighted by Crippen LogP contribution is 2.42. The van der Waals surface area contributed by atoms with E-state index in [1.54, 1.807) is 0 Å². The second-order valence-electron chi connectivity index (χ2n) is 6.10. The Kier molecular flexibility index (Phi) is 4.13. The van der Waals surface area contributed by atoms with Crippen LogP contribution in [0, 0.1) is 0 Å². The smallest absolute Gasteiger partial charge is 0.0702 e. The largest absolute Gasteiger partial charge is 0.399 e. The normalized spacial score (nSPS) is 26.7. The minimum absolute atomic E-state index is 0.119. The van der Waals surface area contributed by atoms with Crippen molar-refractivity contribution >= 4 is 16.5 Å². The molecule has 1 aromatic carbocycles. The van der Waals surface area contributed by atoms with E-state index >= 15 is 0 Å². The molecule has 1 heterocycles. The van der Waals surface area contributed by atoms with Crippen LogP contribution in [0.4, 0.5) is 5.69 Å². The Morgan fingerprint density at radius 1 is 1.15 bits per heavy atom. The molecule has 110 valence electrons. The van der Waals surface area contributed by atoms with E-state index in [-0.39, 0.29) is 11.7 Å². The van der Waals surface area contributed by atoms with Crippen LogP contribution in [0.5, 0.6) is 0 Å². The second-order valence-corrected chi connectivity index (χ2v) is 7.60. The topological polar surface area (TPSA) is 52.3 Å². The van der Waals surface area contributed by atoms with Crippen LogP contribution in [0.1, 0.15) is 44.9 Å². The molecule has 0 radical (unpaired) electrons. The Morgan fingerprint density at radius 2 is 1.85 bits per heavy atom. The minimum atomic E-state index is -0.983. The Labute approximate surface area is 123 Å². The summed E-state index contributed by atoms with van der Waals surface area (Å²) in [4.78, 5) is 0.854. The zero-order valence-corrected chi connectivity index (χ0v) is 12.7. The second kappa shape index (κ2) is 5.86. The van der Waals surface area contributed by atoms with Crippen molar-refractivity contribution in [2.75, 3.05) is 11.5 Å². The molecule has 1 aromatic rings. The first-order valence-corrected chi connectivity index (χ1v) is 8.91. The van der Waals surface area contributed by atoms with Gasteiger partial charge in [-0.05, 0) is 49.9 Å². The molecular formula is C16H23NO2S. The van der Waals surface area contributed by atoms with Crippen molar-refractivity contribution in [2.24, 2.45) is 0 Å². The van der Waals surface area contributed by atoms with Crippen molar-refractivity contribution in [3.05, 3.63) is 24.3 Å². The molecule has 1 saturated carbocycles. The summed E-state index contributed by atoms with van der Waals surface area (Å²) in [5.41, 5.74) is 6.49. The first kappa shape index (κ1) is 14.1. The highest BCUT2D eigenvalue weighted by atomic mass is 32.2. The van der Waals surface area contributed by atoms with Crippen LogP contribution >= 0.6 is 0 Å². The van der Waals surface area contributed by atoms with Crippen molar-refractivity contribution in [2.45, 2.75) is 61.5 Å². The van der Waals surface area contributed by atoms with Gasteiger partial charge in [-0.3, -0.25) is 4.21 Å². The third-order valence-corrected chi connectivity index (χ3v) is 6.06. The number of nitrogen functional groups attached to an aromatic ring is 1. The summed E-state index contributed by atoms with van der Waals surface area (Å²) in [6.07, 6.45) is 8.66. The van der Waals surface area contributed by atoms with E-state index in [4.69, 9.17) is 10.5 Å². The van der Waals surface area contributed by atoms with E-state index in [2.05, 4.69) is 0 Å². The highest BCUT2D eigenvalue weighted by molar-refractivity contribution is 7.85. The van der Waals surface area contributed by atoms with Gasteiger partial charge in [-0.2, -0.15) is 0 Å². The van der Waals surface area contributed by atoms with Crippen molar-refractivity contribution in [1.29, 1.82) is 0 Å². The lowest BCUT2D eigenvalue weighted by Gasteiger charge is -2.33. The van der Waals surface area contributed by atoms with Crippen molar-refractivity contribution in [1.82, 2.24) is 0 Å². The highest BCUT2D eigenvalue weighted by Gasteiger charge is 2.41. The summed E-state index contributed by atoms with van der Waals surface area (Å²) in [6, 6.07) is 7.34. The fourth-order valence-corrected chi connectivity index (χ4v) is 4.67. The summed E-state index contributed by atoms with van der Waals surface area (Å²) >= 11 is 0. The molecule has 1 saturated heterocycles. The Bertz CT molecular complexity index is 480. The van der Waals surface area contributed by atoms with Crippen LogP contribution in [-0.4, -0.2) is 21.7 Å².